The molecule has 2 heterocycles. The van der Waals surface area contributed by atoms with E-state index in [9.17, 15) is 14.4 Å². The molecule has 0 saturated carbocycles. The number of aromatic nitrogens is 4. The molecule has 0 fully saturated rings. The minimum absolute atomic E-state index is 0.285. The minimum Gasteiger partial charge on any atom is -0.332 e. The predicted molar refractivity (Wildman–Crippen MR) is 117 cm³/mol. The van der Waals surface area contributed by atoms with Gasteiger partial charge in [0.1, 0.15) is 6.54 Å². The third-order valence-electron chi connectivity index (χ3n) is 5.28. The van der Waals surface area contributed by atoms with Crippen molar-refractivity contribution in [2.75, 3.05) is 0 Å². The van der Waals surface area contributed by atoms with Crippen LogP contribution in [0, 0.1) is 0 Å². The summed E-state index contributed by atoms with van der Waals surface area (Å²) in [5.41, 5.74) is 1.43. The topological polar surface area (TPSA) is 82.1 Å². The highest BCUT2D eigenvalue weighted by Crippen LogP contribution is 2.11. The first-order valence-corrected chi connectivity index (χ1v) is 9.92. The lowest BCUT2D eigenvalue weighted by molar-refractivity contribution is -0.133. The summed E-state index contributed by atoms with van der Waals surface area (Å²) in [7, 11) is 3.23. The van der Waals surface area contributed by atoms with Crippen molar-refractivity contribution in [1.29, 1.82) is 0 Å². The van der Waals surface area contributed by atoms with Crippen LogP contribution in [0.3, 0.4) is 0 Å². The number of hydrogen-bond donors (Lipinski definition) is 0. The molecule has 2 aromatic carbocycles. The van der Waals surface area contributed by atoms with Crippen molar-refractivity contribution in [2.24, 2.45) is 14.1 Å². The van der Waals surface area contributed by atoms with Gasteiger partial charge in [0.25, 0.3) is 5.56 Å². The molecule has 0 radical (unpaired) electrons. The molecule has 0 atom stereocenters. The average Bonchev–Trinajstić information content (AvgIpc) is 3.18. The number of hydrogen-bond acceptors (Lipinski definition) is 4. The highest BCUT2D eigenvalue weighted by atomic mass is 16.2. The lowest BCUT2D eigenvalue weighted by atomic mass is 10.1. The first kappa shape index (κ1) is 20.3. The molecule has 0 aliphatic rings. The van der Waals surface area contributed by atoms with E-state index in [4.69, 9.17) is 0 Å². The molecule has 2 aromatic heterocycles. The van der Waals surface area contributed by atoms with E-state index in [1.165, 1.54) is 10.9 Å². The van der Waals surface area contributed by atoms with E-state index < -0.39 is 11.2 Å². The lowest BCUT2D eigenvalue weighted by Gasteiger charge is -2.23. The van der Waals surface area contributed by atoms with Gasteiger partial charge < -0.3 is 9.47 Å². The van der Waals surface area contributed by atoms with Crippen LogP contribution in [0.2, 0.25) is 0 Å². The quantitative estimate of drug-likeness (QED) is 0.478. The van der Waals surface area contributed by atoms with E-state index >= 15 is 0 Å². The Morgan fingerprint density at radius 2 is 1.45 bits per heavy atom. The number of imidazole rings is 1. The fourth-order valence-electron chi connectivity index (χ4n) is 3.61. The van der Waals surface area contributed by atoms with Gasteiger partial charge in [-0.2, -0.15) is 0 Å². The van der Waals surface area contributed by atoms with E-state index in [1.807, 2.05) is 60.7 Å². The van der Waals surface area contributed by atoms with Crippen LogP contribution in [0.25, 0.3) is 11.2 Å². The van der Waals surface area contributed by atoms with Gasteiger partial charge in [0.15, 0.2) is 11.2 Å². The van der Waals surface area contributed by atoms with Crippen molar-refractivity contribution in [3.05, 3.63) is 99.0 Å². The summed E-state index contributed by atoms with van der Waals surface area (Å²) in [6.07, 6.45) is 1.48. The maximum atomic E-state index is 13.3. The van der Waals surface area contributed by atoms with Crippen LogP contribution in [0.15, 0.2) is 76.6 Å². The number of fused-ring (bicyclic) bond motifs is 1. The molecule has 158 valence electrons. The summed E-state index contributed by atoms with van der Waals surface area (Å²) in [4.78, 5) is 44.8. The Morgan fingerprint density at radius 3 is 2.00 bits per heavy atom. The van der Waals surface area contributed by atoms with E-state index in [0.29, 0.717) is 18.7 Å². The zero-order valence-electron chi connectivity index (χ0n) is 17.4. The van der Waals surface area contributed by atoms with Crippen molar-refractivity contribution in [1.82, 2.24) is 23.6 Å². The summed E-state index contributed by atoms with van der Waals surface area (Å²) in [6.45, 7) is 0.404. The van der Waals surface area contributed by atoms with Gasteiger partial charge >= 0.3 is 5.69 Å². The van der Waals surface area contributed by atoms with Crippen molar-refractivity contribution in [3.8, 4) is 0 Å². The highest BCUT2D eigenvalue weighted by molar-refractivity contribution is 5.77. The van der Waals surface area contributed by atoms with Crippen LogP contribution < -0.4 is 11.2 Å². The fraction of sp³-hybridized carbons (Fsp3) is 0.217. The second-order valence-corrected chi connectivity index (χ2v) is 7.48. The molecule has 1 amide bonds. The number of aryl methyl sites for hydroxylation is 2. The first-order chi connectivity index (χ1) is 15.0. The largest absolute Gasteiger partial charge is 0.332 e. The maximum absolute atomic E-state index is 13.3. The van der Waals surface area contributed by atoms with Gasteiger partial charge in [0.05, 0.1) is 6.33 Å². The standard InChI is InChI=1S/C23H23N5O3/c1-25-16-24-21-20(25)22(30)28(23(31)26(21)2)15-19(29)27(13-17-9-5-3-6-10-17)14-18-11-7-4-8-12-18/h3-12,16H,13-15H2,1-2H3. The van der Waals surface area contributed by atoms with Gasteiger partial charge in [-0.15, -0.1) is 0 Å². The number of nitrogens with zero attached hydrogens (tertiary/aromatic N) is 5. The number of rotatable bonds is 6. The Labute approximate surface area is 178 Å². The van der Waals surface area contributed by atoms with Crippen LogP contribution in [0.1, 0.15) is 11.1 Å². The number of carbonyl (C=O) groups excluding carboxylic acids is 1. The van der Waals surface area contributed by atoms with Gasteiger partial charge in [-0.05, 0) is 11.1 Å². The monoisotopic (exact) mass is 417 g/mol. The second-order valence-electron chi connectivity index (χ2n) is 7.48. The molecular formula is C23H23N5O3. The average molecular weight is 417 g/mol. The summed E-state index contributed by atoms with van der Waals surface area (Å²) in [5.74, 6) is -0.312. The molecule has 0 saturated heterocycles. The van der Waals surface area contributed by atoms with Crippen LogP contribution in [-0.4, -0.2) is 29.5 Å². The summed E-state index contributed by atoms with van der Waals surface area (Å²) < 4.78 is 3.84. The second kappa shape index (κ2) is 8.43. The molecule has 31 heavy (non-hydrogen) atoms. The highest BCUT2D eigenvalue weighted by Gasteiger charge is 2.20. The smallest absolute Gasteiger partial charge is 0.332 e. The normalized spacial score (nSPS) is 11.0. The van der Waals surface area contributed by atoms with Crippen molar-refractivity contribution in [3.63, 3.8) is 0 Å². The summed E-state index contributed by atoms with van der Waals surface area (Å²) in [6, 6.07) is 19.3. The Balaban J connectivity index is 1.70. The zero-order chi connectivity index (χ0) is 22.0. The number of benzene rings is 2. The van der Waals surface area contributed by atoms with Crippen LogP contribution in [-0.2, 0) is 38.5 Å². The van der Waals surface area contributed by atoms with Gasteiger partial charge in [0.2, 0.25) is 5.91 Å². The van der Waals surface area contributed by atoms with E-state index in [2.05, 4.69) is 4.98 Å². The number of amides is 1. The van der Waals surface area contributed by atoms with Crippen molar-refractivity contribution >= 4 is 17.1 Å². The van der Waals surface area contributed by atoms with Crippen LogP contribution >= 0.6 is 0 Å². The minimum atomic E-state index is -0.566. The molecule has 8 heteroatoms. The molecule has 0 aliphatic carbocycles. The maximum Gasteiger partial charge on any atom is 0.332 e. The Morgan fingerprint density at radius 1 is 0.903 bits per heavy atom. The molecule has 4 rings (SSSR count). The molecule has 0 N–H and O–H groups in total. The molecular weight excluding hydrogens is 394 g/mol. The third kappa shape index (κ3) is 4.05. The molecule has 0 spiro atoms. The fourth-order valence-corrected chi connectivity index (χ4v) is 3.61. The predicted octanol–water partition coefficient (Wildman–Crippen LogP) is 1.66. The summed E-state index contributed by atoms with van der Waals surface area (Å²) >= 11 is 0. The molecule has 0 aliphatic heterocycles. The van der Waals surface area contributed by atoms with Gasteiger partial charge in [-0.25, -0.2) is 14.3 Å². The number of carbonyl (C=O) groups is 1. The Bertz CT molecular complexity index is 1300. The summed E-state index contributed by atoms with van der Waals surface area (Å²) in [5, 5.41) is 0. The molecule has 0 bridgehead atoms. The Kier molecular flexibility index (Phi) is 5.53. The van der Waals surface area contributed by atoms with E-state index in [0.717, 1.165) is 15.7 Å². The van der Waals surface area contributed by atoms with Gasteiger partial charge in [-0.3, -0.25) is 14.2 Å². The van der Waals surface area contributed by atoms with Crippen LogP contribution in [0.5, 0.6) is 0 Å². The first-order valence-electron chi connectivity index (χ1n) is 9.92. The molecule has 8 nitrogen and oxygen atoms in total. The third-order valence-corrected chi connectivity index (χ3v) is 5.28. The molecule has 4 aromatic rings. The van der Waals surface area contributed by atoms with Crippen molar-refractivity contribution in [2.45, 2.75) is 19.6 Å². The van der Waals surface area contributed by atoms with Crippen molar-refractivity contribution < 1.29 is 4.79 Å². The van der Waals surface area contributed by atoms with Gasteiger partial charge in [-0.1, -0.05) is 60.7 Å². The molecule has 0 unspecified atom stereocenters. The van der Waals surface area contributed by atoms with E-state index in [-0.39, 0.29) is 18.0 Å². The Hall–Kier alpha value is -3.94. The van der Waals surface area contributed by atoms with Crippen LogP contribution in [0.4, 0.5) is 0 Å². The lowest BCUT2D eigenvalue weighted by Crippen LogP contribution is -2.44. The van der Waals surface area contributed by atoms with E-state index in [1.54, 1.807) is 23.6 Å². The zero-order valence-corrected chi connectivity index (χ0v) is 17.4. The van der Waals surface area contributed by atoms with Gasteiger partial charge in [0, 0.05) is 27.2 Å². The SMILES string of the molecule is Cn1cnc2c1c(=O)n(CC(=O)N(Cc1ccccc1)Cc1ccccc1)c(=O)n2C.